The van der Waals surface area contributed by atoms with Gasteiger partial charge >= 0.3 is 0 Å². The molecule has 0 aromatic rings. The first kappa shape index (κ1) is 10.3. The van der Waals surface area contributed by atoms with Gasteiger partial charge in [-0.05, 0) is 20.0 Å². The quantitative estimate of drug-likeness (QED) is 0.537. The van der Waals surface area contributed by atoms with Crippen LogP contribution in [0.25, 0.3) is 0 Å². The summed E-state index contributed by atoms with van der Waals surface area (Å²) in [5.41, 5.74) is 0. The summed E-state index contributed by atoms with van der Waals surface area (Å²) in [7, 11) is 2.18. The largest absolute Gasteiger partial charge is 0.297 e. The fraction of sp³-hybridized carbons (Fsp3) is 1.00. The Morgan fingerprint density at radius 1 is 1.40 bits per heavy atom. The van der Waals surface area contributed by atoms with Crippen molar-refractivity contribution in [2.75, 3.05) is 19.5 Å². The molecule has 1 atom stereocenters. The Hall–Kier alpha value is 0.310. The van der Waals surface area contributed by atoms with Gasteiger partial charge in [0.2, 0.25) is 0 Å². The predicted octanol–water partition coefficient (Wildman–Crippen LogP) is 2.43. The highest BCUT2D eigenvalue weighted by Crippen LogP contribution is 2.19. The van der Waals surface area contributed by atoms with Crippen LogP contribution in [0, 0.1) is 0 Å². The smallest absolute Gasteiger partial charge is 0.0443 e. The lowest BCUT2D eigenvalue weighted by atomic mass is 10.3. The van der Waals surface area contributed by atoms with Crippen molar-refractivity contribution in [2.24, 2.45) is 0 Å². The van der Waals surface area contributed by atoms with Gasteiger partial charge in [0.1, 0.15) is 0 Å². The first-order valence-corrected chi connectivity index (χ1v) is 5.14. The van der Waals surface area contributed by atoms with Crippen LogP contribution in [-0.2, 0) is 0 Å². The van der Waals surface area contributed by atoms with E-state index in [-0.39, 0.29) is 0 Å². The maximum Gasteiger partial charge on any atom is 0.0443 e. The Morgan fingerprint density at radius 3 is 2.30 bits per heavy atom. The lowest BCUT2D eigenvalue weighted by Gasteiger charge is -2.25. The summed E-state index contributed by atoms with van der Waals surface area (Å²) >= 11 is 2.05. The van der Waals surface area contributed by atoms with Crippen LogP contribution in [0.15, 0.2) is 0 Å². The Kier molecular flexibility index (Phi) is 6.24. The molecule has 0 spiro atoms. The molecular formula is C8H19NS. The molecule has 1 fully saturated rings. The number of hydrogen-bond acceptors (Lipinski definition) is 2. The van der Waals surface area contributed by atoms with E-state index in [0.717, 1.165) is 5.25 Å². The summed E-state index contributed by atoms with van der Waals surface area (Å²) in [6.45, 7) is 7.59. The molecule has 0 saturated carbocycles. The molecule has 0 amide bonds. The summed E-state index contributed by atoms with van der Waals surface area (Å²) in [6, 6.07) is 0. The van der Waals surface area contributed by atoms with Crippen LogP contribution in [0.5, 0.6) is 0 Å². The molecule has 0 bridgehead atoms. The van der Waals surface area contributed by atoms with Crippen molar-refractivity contribution in [3.8, 4) is 0 Å². The van der Waals surface area contributed by atoms with E-state index in [2.05, 4.69) is 30.6 Å². The Bertz CT molecular complexity index is 57.7. The Balaban J connectivity index is 0.000000371. The first-order chi connectivity index (χ1) is 4.79. The van der Waals surface area contributed by atoms with E-state index < -0.39 is 0 Å². The maximum atomic E-state index is 2.37. The van der Waals surface area contributed by atoms with Crippen molar-refractivity contribution in [3.63, 3.8) is 0 Å². The highest BCUT2D eigenvalue weighted by molar-refractivity contribution is 7.99. The first-order valence-electron chi connectivity index (χ1n) is 4.09. The molecule has 1 nitrogen and oxygen atoms in total. The third-order valence-electron chi connectivity index (χ3n) is 1.50. The summed E-state index contributed by atoms with van der Waals surface area (Å²) in [6.07, 6.45) is 1.36. The van der Waals surface area contributed by atoms with Crippen LogP contribution in [0.4, 0.5) is 0 Å². The zero-order valence-electron chi connectivity index (χ0n) is 7.55. The highest BCUT2D eigenvalue weighted by atomic mass is 32.2. The molecule has 1 unspecified atom stereocenters. The van der Waals surface area contributed by atoms with E-state index in [4.69, 9.17) is 0 Å². The van der Waals surface area contributed by atoms with Crippen LogP contribution in [0.2, 0.25) is 0 Å². The van der Waals surface area contributed by atoms with Crippen LogP contribution < -0.4 is 0 Å². The van der Waals surface area contributed by atoms with E-state index in [1.54, 1.807) is 0 Å². The zero-order valence-corrected chi connectivity index (χ0v) is 8.37. The number of rotatable bonds is 0. The van der Waals surface area contributed by atoms with Gasteiger partial charge in [-0.25, -0.2) is 0 Å². The number of hydrogen-bond donors (Lipinski definition) is 0. The standard InChI is InChI=1S/C6H13NS.C2H6/c1-6-3-4-7(2)5-8-6;1-2/h6H,3-5H2,1-2H3;1-2H3. The molecule has 0 aromatic heterocycles. The molecule has 1 saturated heterocycles. The van der Waals surface area contributed by atoms with Gasteiger partial charge in [0.15, 0.2) is 0 Å². The van der Waals surface area contributed by atoms with Crippen molar-refractivity contribution in [1.82, 2.24) is 4.90 Å². The van der Waals surface area contributed by atoms with E-state index in [0.29, 0.717) is 0 Å². The minimum atomic E-state index is 0.895. The van der Waals surface area contributed by atoms with Gasteiger partial charge < -0.3 is 0 Å². The molecule has 0 aliphatic carbocycles. The van der Waals surface area contributed by atoms with E-state index in [1.807, 2.05) is 13.8 Å². The van der Waals surface area contributed by atoms with Crippen molar-refractivity contribution in [2.45, 2.75) is 32.4 Å². The van der Waals surface area contributed by atoms with Crippen molar-refractivity contribution < 1.29 is 0 Å². The molecule has 0 N–H and O–H groups in total. The molecule has 0 aromatic carbocycles. The van der Waals surface area contributed by atoms with Crippen LogP contribution in [-0.4, -0.2) is 29.6 Å². The number of nitrogens with zero attached hydrogens (tertiary/aromatic N) is 1. The highest BCUT2D eigenvalue weighted by Gasteiger charge is 2.11. The van der Waals surface area contributed by atoms with Gasteiger partial charge in [-0.2, -0.15) is 0 Å². The fourth-order valence-electron chi connectivity index (χ4n) is 0.805. The van der Waals surface area contributed by atoms with Gasteiger partial charge in [0.25, 0.3) is 0 Å². The van der Waals surface area contributed by atoms with Gasteiger partial charge in [0, 0.05) is 11.1 Å². The van der Waals surface area contributed by atoms with Gasteiger partial charge in [-0.15, -0.1) is 11.8 Å². The SMILES string of the molecule is CC.CC1CCN(C)CS1. The van der Waals surface area contributed by atoms with E-state index in [1.165, 1.54) is 18.8 Å². The number of thioether (sulfide) groups is 1. The van der Waals surface area contributed by atoms with E-state index in [9.17, 15) is 0 Å². The molecule has 1 rings (SSSR count). The second-order valence-electron chi connectivity index (χ2n) is 2.47. The van der Waals surface area contributed by atoms with Gasteiger partial charge in [-0.3, -0.25) is 4.90 Å². The minimum Gasteiger partial charge on any atom is -0.297 e. The molecule has 0 radical (unpaired) electrons. The van der Waals surface area contributed by atoms with Crippen LogP contribution >= 0.6 is 11.8 Å². The summed E-state index contributed by atoms with van der Waals surface area (Å²) < 4.78 is 0. The van der Waals surface area contributed by atoms with Crippen molar-refractivity contribution in [1.29, 1.82) is 0 Å². The zero-order chi connectivity index (χ0) is 7.98. The summed E-state index contributed by atoms with van der Waals surface area (Å²) in [5.74, 6) is 1.22. The average molecular weight is 161 g/mol. The molecule has 10 heavy (non-hydrogen) atoms. The second kappa shape index (κ2) is 6.05. The normalized spacial score (nSPS) is 27.0. The maximum absolute atomic E-state index is 2.37. The van der Waals surface area contributed by atoms with Crippen molar-refractivity contribution >= 4 is 11.8 Å². The third kappa shape index (κ3) is 4.18. The third-order valence-corrected chi connectivity index (χ3v) is 2.89. The molecule has 62 valence electrons. The molecule has 1 aliphatic heterocycles. The van der Waals surface area contributed by atoms with Gasteiger partial charge in [-0.1, -0.05) is 20.8 Å². The van der Waals surface area contributed by atoms with Crippen LogP contribution in [0.3, 0.4) is 0 Å². The topological polar surface area (TPSA) is 3.24 Å². The van der Waals surface area contributed by atoms with Crippen LogP contribution in [0.1, 0.15) is 27.2 Å². The average Bonchev–Trinajstić information content (AvgIpc) is 2.00. The molecular weight excluding hydrogens is 142 g/mol. The summed E-state index contributed by atoms with van der Waals surface area (Å²) in [4.78, 5) is 2.37. The summed E-state index contributed by atoms with van der Waals surface area (Å²) in [5, 5.41) is 0.895. The fourth-order valence-corrected chi connectivity index (χ4v) is 1.71. The molecule has 1 heterocycles. The lowest BCUT2D eigenvalue weighted by molar-refractivity contribution is 0.371. The molecule has 2 heteroatoms. The second-order valence-corrected chi connectivity index (χ2v) is 3.87. The minimum absolute atomic E-state index is 0.895. The lowest BCUT2D eigenvalue weighted by Crippen LogP contribution is -2.27. The Morgan fingerprint density at radius 2 is 2.00 bits per heavy atom. The van der Waals surface area contributed by atoms with Gasteiger partial charge in [0.05, 0.1) is 0 Å². The van der Waals surface area contributed by atoms with E-state index >= 15 is 0 Å². The Labute approximate surface area is 69.2 Å². The predicted molar refractivity (Wildman–Crippen MR) is 50.5 cm³/mol. The van der Waals surface area contributed by atoms with Crippen molar-refractivity contribution in [3.05, 3.63) is 0 Å². The molecule has 1 aliphatic rings. The monoisotopic (exact) mass is 161 g/mol.